The van der Waals surface area contributed by atoms with Crippen LogP contribution in [0.2, 0.25) is 10.0 Å². The summed E-state index contributed by atoms with van der Waals surface area (Å²) < 4.78 is 13.7. The molecule has 0 saturated carbocycles. The van der Waals surface area contributed by atoms with Gasteiger partial charge in [-0.15, -0.1) is 0 Å². The number of hydrogen-bond acceptors (Lipinski definition) is 4. The van der Waals surface area contributed by atoms with E-state index in [-0.39, 0.29) is 18.4 Å². The van der Waals surface area contributed by atoms with Gasteiger partial charge in [0.2, 0.25) is 0 Å². The maximum Gasteiger partial charge on any atom is 0.259 e. The Balaban J connectivity index is 1.32. The number of carbonyl (C=O) groups is 2. The smallest absolute Gasteiger partial charge is 0.259 e. The van der Waals surface area contributed by atoms with Gasteiger partial charge in [-0.25, -0.2) is 4.21 Å². The molecule has 0 spiro atoms. The Bertz CT molecular complexity index is 1640. The quantitative estimate of drug-likeness (QED) is 0.281. The Kier molecular flexibility index (Phi) is 7.36. The molecule has 0 N–H and O–H groups in total. The molecule has 0 bridgehead atoms. The van der Waals surface area contributed by atoms with E-state index in [1.165, 1.54) is 0 Å². The highest BCUT2D eigenvalue weighted by atomic mass is 35.5. The first-order valence-electron chi connectivity index (χ1n) is 12.9. The lowest BCUT2D eigenvalue weighted by atomic mass is 10.1. The van der Waals surface area contributed by atoms with Crippen LogP contribution in [0.15, 0.2) is 101 Å². The van der Waals surface area contributed by atoms with Crippen molar-refractivity contribution < 1.29 is 13.8 Å². The van der Waals surface area contributed by atoms with Crippen LogP contribution in [0.25, 0.3) is 0 Å². The summed E-state index contributed by atoms with van der Waals surface area (Å²) in [6.07, 6.45) is 0. The van der Waals surface area contributed by atoms with E-state index < -0.39 is 10.8 Å². The predicted molar refractivity (Wildman–Crippen MR) is 159 cm³/mol. The molecule has 1 fully saturated rings. The first-order chi connectivity index (χ1) is 19.4. The maximum absolute atomic E-state index is 13.9. The zero-order valence-corrected chi connectivity index (χ0v) is 23.8. The highest BCUT2D eigenvalue weighted by Gasteiger charge is 2.32. The van der Waals surface area contributed by atoms with Crippen LogP contribution in [-0.4, -0.2) is 47.1 Å². The lowest BCUT2D eigenvalue weighted by molar-refractivity contribution is 0.0746. The molecule has 0 aromatic heterocycles. The molecule has 4 aromatic carbocycles. The van der Waals surface area contributed by atoms with Crippen LogP contribution in [0.1, 0.15) is 26.3 Å². The molecule has 6 rings (SSSR count). The lowest BCUT2D eigenvalue weighted by Gasteiger charge is -2.36. The largest absolute Gasteiger partial charge is 0.368 e. The molecule has 0 unspecified atom stereocenters. The Morgan fingerprint density at radius 3 is 2.27 bits per heavy atom. The van der Waals surface area contributed by atoms with Gasteiger partial charge >= 0.3 is 0 Å². The number of hydrogen-bond donors (Lipinski definition) is 0. The van der Waals surface area contributed by atoms with Crippen LogP contribution in [0.4, 0.5) is 11.4 Å². The molecular weight excluding hydrogens is 565 g/mol. The SMILES string of the molecule is O=C(c1ccc2c(c1)N(Cc1cccc(Cl)c1)C(=O)c1ccccc1[S@@]2=O)N1CCN(c2ccc(Cl)cc2)CC1. The van der Waals surface area contributed by atoms with Crippen molar-refractivity contribution in [2.75, 3.05) is 36.0 Å². The molecule has 202 valence electrons. The Labute approximate surface area is 245 Å². The maximum atomic E-state index is 13.9. The number of anilines is 2. The first-order valence-corrected chi connectivity index (χ1v) is 14.8. The van der Waals surface area contributed by atoms with Gasteiger partial charge in [0.1, 0.15) is 0 Å². The number of piperazine rings is 1. The van der Waals surface area contributed by atoms with Crippen LogP contribution in [0, 0.1) is 0 Å². The summed E-state index contributed by atoms with van der Waals surface area (Å²) in [5, 5.41) is 1.25. The zero-order chi connectivity index (χ0) is 27.8. The predicted octanol–water partition coefficient (Wildman–Crippen LogP) is 6.28. The lowest BCUT2D eigenvalue weighted by Crippen LogP contribution is -2.48. The molecule has 9 heteroatoms. The fourth-order valence-corrected chi connectivity index (χ4v) is 6.86. The van der Waals surface area contributed by atoms with Crippen LogP contribution in [0.3, 0.4) is 0 Å². The number of fused-ring (bicyclic) bond motifs is 2. The summed E-state index contributed by atoms with van der Waals surface area (Å²) >= 11 is 12.3. The average Bonchev–Trinajstić information content (AvgIpc) is 3.06. The fraction of sp³-hybridized carbons (Fsp3) is 0.161. The summed E-state index contributed by atoms with van der Waals surface area (Å²) in [4.78, 5) is 34.1. The molecule has 2 aliphatic rings. The third kappa shape index (κ3) is 5.12. The van der Waals surface area contributed by atoms with E-state index in [1.54, 1.807) is 59.5 Å². The monoisotopic (exact) mass is 589 g/mol. The highest BCUT2D eigenvalue weighted by Crippen LogP contribution is 2.36. The van der Waals surface area contributed by atoms with Crippen LogP contribution in [-0.2, 0) is 17.3 Å². The van der Waals surface area contributed by atoms with Crippen LogP contribution < -0.4 is 9.80 Å². The second-order valence-corrected chi connectivity index (χ2v) is 12.0. The van der Waals surface area contributed by atoms with E-state index in [4.69, 9.17) is 23.2 Å². The van der Waals surface area contributed by atoms with Gasteiger partial charge in [-0.3, -0.25) is 9.59 Å². The molecule has 2 aliphatic heterocycles. The zero-order valence-electron chi connectivity index (χ0n) is 21.4. The molecule has 6 nitrogen and oxygen atoms in total. The minimum Gasteiger partial charge on any atom is -0.368 e. The molecule has 1 atom stereocenters. The van der Waals surface area contributed by atoms with Gasteiger partial charge in [0.15, 0.2) is 0 Å². The third-order valence-electron chi connectivity index (χ3n) is 7.25. The molecule has 2 amide bonds. The van der Waals surface area contributed by atoms with Crippen molar-refractivity contribution in [2.45, 2.75) is 16.3 Å². The number of carbonyl (C=O) groups excluding carboxylic acids is 2. The molecule has 0 radical (unpaired) electrons. The number of rotatable bonds is 4. The molecule has 4 aromatic rings. The number of halogens is 2. The summed E-state index contributed by atoms with van der Waals surface area (Å²) in [6, 6.07) is 27.1. The van der Waals surface area contributed by atoms with E-state index in [1.807, 2.05) is 41.3 Å². The van der Waals surface area contributed by atoms with Crippen molar-refractivity contribution >= 4 is 57.2 Å². The highest BCUT2D eigenvalue weighted by molar-refractivity contribution is 7.85. The number of nitrogens with zero attached hydrogens (tertiary/aromatic N) is 3. The van der Waals surface area contributed by atoms with Crippen molar-refractivity contribution in [3.05, 3.63) is 118 Å². The number of benzene rings is 4. The van der Waals surface area contributed by atoms with E-state index in [9.17, 15) is 13.8 Å². The van der Waals surface area contributed by atoms with Gasteiger partial charge in [-0.1, -0.05) is 47.5 Å². The summed E-state index contributed by atoms with van der Waals surface area (Å²) in [5.41, 5.74) is 3.19. The minimum atomic E-state index is -1.59. The molecule has 0 aliphatic carbocycles. The Hall–Kier alpha value is -3.65. The van der Waals surface area contributed by atoms with Crippen LogP contribution >= 0.6 is 23.2 Å². The van der Waals surface area contributed by atoms with E-state index in [2.05, 4.69) is 4.90 Å². The van der Waals surface area contributed by atoms with Crippen LogP contribution in [0.5, 0.6) is 0 Å². The van der Waals surface area contributed by atoms with Crippen molar-refractivity contribution in [3.8, 4) is 0 Å². The molecule has 2 heterocycles. The van der Waals surface area contributed by atoms with Gasteiger partial charge in [0, 0.05) is 47.5 Å². The van der Waals surface area contributed by atoms with Crippen molar-refractivity contribution in [2.24, 2.45) is 0 Å². The topological polar surface area (TPSA) is 60.9 Å². The molecule has 1 saturated heterocycles. The first kappa shape index (κ1) is 26.6. The normalized spacial score (nSPS) is 16.8. The summed E-state index contributed by atoms with van der Waals surface area (Å²) in [7, 11) is -1.59. The fourth-order valence-electron chi connectivity index (χ4n) is 5.17. The standard InChI is InChI=1S/C31H25Cl2N3O3S/c32-23-9-11-25(12-10-23)34-14-16-35(17-15-34)30(37)22-8-13-29-27(19-22)36(20-21-4-3-5-24(33)18-21)31(38)26-6-1-2-7-28(26)40(29)39/h1-13,18-19H,14-17,20H2/t40-/m0/s1. The number of amides is 2. The van der Waals surface area contributed by atoms with Gasteiger partial charge in [-0.2, -0.15) is 0 Å². The molecule has 40 heavy (non-hydrogen) atoms. The van der Waals surface area contributed by atoms with Gasteiger partial charge in [0.05, 0.1) is 38.4 Å². The summed E-state index contributed by atoms with van der Waals surface area (Å²) in [6.45, 7) is 2.71. The van der Waals surface area contributed by atoms with E-state index in [0.717, 1.165) is 11.3 Å². The van der Waals surface area contributed by atoms with E-state index in [0.29, 0.717) is 62.8 Å². The summed E-state index contributed by atoms with van der Waals surface area (Å²) in [5.74, 6) is -0.398. The Morgan fingerprint density at radius 2 is 1.52 bits per heavy atom. The van der Waals surface area contributed by atoms with Gasteiger partial charge in [0.25, 0.3) is 11.8 Å². The van der Waals surface area contributed by atoms with Gasteiger partial charge in [-0.05, 0) is 72.3 Å². The minimum absolute atomic E-state index is 0.124. The molecular formula is C31H25Cl2N3O3S. The second kappa shape index (κ2) is 11.1. The van der Waals surface area contributed by atoms with Crippen molar-refractivity contribution in [3.63, 3.8) is 0 Å². The van der Waals surface area contributed by atoms with Crippen molar-refractivity contribution in [1.29, 1.82) is 0 Å². The van der Waals surface area contributed by atoms with E-state index >= 15 is 0 Å². The van der Waals surface area contributed by atoms with Crippen molar-refractivity contribution in [1.82, 2.24) is 4.90 Å². The second-order valence-electron chi connectivity index (χ2n) is 9.72. The third-order valence-corrected chi connectivity index (χ3v) is 9.23. The van der Waals surface area contributed by atoms with Gasteiger partial charge < -0.3 is 14.7 Å². The Morgan fingerprint density at radius 1 is 0.775 bits per heavy atom. The average molecular weight is 591 g/mol.